The van der Waals surface area contributed by atoms with E-state index >= 15 is 0 Å². The highest BCUT2D eigenvalue weighted by molar-refractivity contribution is 5.70. The molecular weight excluding hydrogens is 875 g/mol. The van der Waals surface area contributed by atoms with Gasteiger partial charge in [0.05, 0.1) is 40.3 Å². The van der Waals surface area contributed by atoms with E-state index in [1.165, 1.54) is 51.4 Å². The van der Waals surface area contributed by atoms with Crippen LogP contribution in [0.1, 0.15) is 200 Å². The van der Waals surface area contributed by atoms with Crippen molar-refractivity contribution in [2.24, 2.45) is 0 Å². The van der Waals surface area contributed by atoms with E-state index < -0.39 is 24.3 Å². The Morgan fingerprint density at radius 3 is 1.21 bits per heavy atom. The summed E-state index contributed by atoms with van der Waals surface area (Å²) < 4.78 is 22.6. The van der Waals surface area contributed by atoms with Crippen LogP contribution in [-0.4, -0.2) is 82.3 Å². The summed E-state index contributed by atoms with van der Waals surface area (Å²) >= 11 is 0. The van der Waals surface area contributed by atoms with E-state index in [4.69, 9.17) is 18.9 Å². The average Bonchev–Trinajstić information content (AvgIpc) is 3.33. The Hall–Kier alpha value is -4.05. The third-order valence-electron chi connectivity index (χ3n) is 11.3. The number of rotatable bonds is 49. The molecule has 0 saturated heterocycles. The fraction of sp³-hybridized carbons (Fsp3) is 0.656. The summed E-state index contributed by atoms with van der Waals surface area (Å²) in [6.07, 6.45) is 66.9. The molecule has 0 radical (unpaired) electrons. The minimum atomic E-state index is -1.63. The van der Waals surface area contributed by atoms with Gasteiger partial charge in [-0.05, 0) is 103 Å². The Bertz CT molecular complexity index is 1510. The van der Waals surface area contributed by atoms with Crippen LogP contribution in [0.4, 0.5) is 0 Å². The predicted octanol–water partition coefficient (Wildman–Crippen LogP) is 14.6. The van der Waals surface area contributed by atoms with Crippen LogP contribution in [0.2, 0.25) is 0 Å². The Labute approximate surface area is 428 Å². The van der Waals surface area contributed by atoms with Gasteiger partial charge < -0.3 is 33.3 Å². The highest BCUT2D eigenvalue weighted by atomic mass is 16.7. The minimum absolute atomic E-state index is 0.137. The first-order valence-electron chi connectivity index (χ1n) is 27.5. The quantitative estimate of drug-likeness (QED) is 0.0195. The number of nitrogens with zero attached hydrogens (tertiary/aromatic N) is 1. The van der Waals surface area contributed by atoms with E-state index in [0.717, 1.165) is 109 Å². The summed E-state index contributed by atoms with van der Waals surface area (Å²) in [5, 5.41) is 11.8. The predicted molar refractivity (Wildman–Crippen MR) is 292 cm³/mol. The van der Waals surface area contributed by atoms with Crippen molar-refractivity contribution in [3.8, 4) is 0 Å². The second kappa shape index (κ2) is 51.3. The molecule has 0 spiro atoms. The van der Waals surface area contributed by atoms with Crippen LogP contribution in [0.5, 0.6) is 0 Å². The maximum atomic E-state index is 12.8. The lowest BCUT2D eigenvalue weighted by atomic mass is 10.1. The van der Waals surface area contributed by atoms with Crippen LogP contribution in [0, 0.1) is 0 Å². The van der Waals surface area contributed by atoms with E-state index in [9.17, 15) is 19.5 Å². The maximum absolute atomic E-state index is 12.8. The number of aliphatic carboxylic acids is 1. The Balaban J connectivity index is 4.34. The van der Waals surface area contributed by atoms with Crippen molar-refractivity contribution in [1.29, 1.82) is 0 Å². The Kier molecular flexibility index (Phi) is 48.3. The lowest BCUT2D eigenvalue weighted by Gasteiger charge is -2.26. The number of allylic oxidation sites excluding steroid dienone is 18. The SMILES string of the molecule is CC/C=C\C/C=C\C/C=C\C/C=C\C/C=C\C/C=C\C/C=C\CCCCCCCCCC(=O)OC(COC(=O)CCCCCCC/C=C\C/C=C\CCCCCC)COC(OCC[N+](C)(C)C)C(=O)[O-]. The van der Waals surface area contributed by atoms with Gasteiger partial charge in [0, 0.05) is 12.8 Å². The van der Waals surface area contributed by atoms with Gasteiger partial charge >= 0.3 is 11.9 Å². The molecule has 0 aliphatic carbocycles. The van der Waals surface area contributed by atoms with Crippen LogP contribution >= 0.6 is 0 Å². The number of unbranched alkanes of at least 4 members (excludes halogenated alkanes) is 16. The molecule has 9 nitrogen and oxygen atoms in total. The molecular formula is C61H101NO8. The fourth-order valence-electron chi connectivity index (χ4n) is 7.02. The number of ether oxygens (including phenoxy) is 4. The first kappa shape index (κ1) is 66.0. The molecule has 0 bridgehead atoms. The van der Waals surface area contributed by atoms with Gasteiger partial charge in [-0.25, -0.2) is 0 Å². The summed E-state index contributed by atoms with van der Waals surface area (Å²) in [5.41, 5.74) is 0. The normalized spacial score (nSPS) is 13.7. The fourth-order valence-corrected chi connectivity index (χ4v) is 7.02. The van der Waals surface area contributed by atoms with Gasteiger partial charge in [-0.2, -0.15) is 0 Å². The molecule has 0 saturated carbocycles. The number of hydrogen-bond acceptors (Lipinski definition) is 8. The molecule has 70 heavy (non-hydrogen) atoms. The minimum Gasteiger partial charge on any atom is -0.545 e. The molecule has 0 fully saturated rings. The van der Waals surface area contributed by atoms with Gasteiger partial charge in [-0.3, -0.25) is 9.59 Å². The second-order valence-electron chi connectivity index (χ2n) is 19.1. The molecule has 398 valence electrons. The molecule has 9 heteroatoms. The molecule has 0 rings (SSSR count). The largest absolute Gasteiger partial charge is 0.545 e. The topological polar surface area (TPSA) is 111 Å². The molecule has 0 N–H and O–H groups in total. The first-order chi connectivity index (χ1) is 34.1. The van der Waals surface area contributed by atoms with Crippen molar-refractivity contribution in [3.63, 3.8) is 0 Å². The molecule has 0 aromatic heterocycles. The average molecular weight is 976 g/mol. The van der Waals surface area contributed by atoms with Crippen molar-refractivity contribution in [1.82, 2.24) is 0 Å². The molecule has 0 aliphatic rings. The number of carbonyl (C=O) groups excluding carboxylic acids is 3. The highest BCUT2D eigenvalue weighted by Gasteiger charge is 2.22. The van der Waals surface area contributed by atoms with Crippen molar-refractivity contribution < 1.29 is 42.9 Å². The number of carboxylic acid groups (broad SMARTS) is 1. The molecule has 2 unspecified atom stereocenters. The van der Waals surface area contributed by atoms with Gasteiger partial charge in [-0.1, -0.05) is 194 Å². The Morgan fingerprint density at radius 1 is 0.443 bits per heavy atom. The van der Waals surface area contributed by atoms with Gasteiger partial charge in [-0.15, -0.1) is 0 Å². The smallest absolute Gasteiger partial charge is 0.306 e. The summed E-state index contributed by atoms with van der Waals surface area (Å²) in [4.78, 5) is 37.2. The lowest BCUT2D eigenvalue weighted by Crippen LogP contribution is -2.44. The number of likely N-dealkylation sites (N-methyl/N-ethyl adjacent to an activating group) is 1. The van der Waals surface area contributed by atoms with Crippen molar-refractivity contribution in [2.45, 2.75) is 212 Å². The number of quaternary nitrogens is 1. The summed E-state index contributed by atoms with van der Waals surface area (Å²) in [5.74, 6) is -2.33. The van der Waals surface area contributed by atoms with E-state index in [0.29, 0.717) is 23.9 Å². The molecule has 0 heterocycles. The van der Waals surface area contributed by atoms with E-state index in [2.05, 4.69) is 123 Å². The van der Waals surface area contributed by atoms with Crippen molar-refractivity contribution in [2.75, 3.05) is 47.5 Å². The van der Waals surface area contributed by atoms with Crippen LogP contribution in [-0.2, 0) is 33.3 Å². The lowest BCUT2D eigenvalue weighted by molar-refractivity contribution is -0.870. The van der Waals surface area contributed by atoms with Gasteiger partial charge in [0.2, 0.25) is 0 Å². The number of carbonyl (C=O) groups is 3. The van der Waals surface area contributed by atoms with Crippen LogP contribution in [0.25, 0.3) is 0 Å². The van der Waals surface area contributed by atoms with Crippen LogP contribution in [0.15, 0.2) is 109 Å². The number of esters is 2. The van der Waals surface area contributed by atoms with Gasteiger partial charge in [0.1, 0.15) is 13.2 Å². The van der Waals surface area contributed by atoms with Crippen LogP contribution < -0.4 is 5.11 Å². The van der Waals surface area contributed by atoms with Crippen molar-refractivity contribution in [3.05, 3.63) is 109 Å². The zero-order valence-electron chi connectivity index (χ0n) is 45.1. The Morgan fingerprint density at radius 2 is 0.814 bits per heavy atom. The first-order valence-corrected chi connectivity index (χ1v) is 27.5. The van der Waals surface area contributed by atoms with E-state index in [1.54, 1.807) is 0 Å². The zero-order chi connectivity index (χ0) is 51.3. The van der Waals surface area contributed by atoms with E-state index in [-0.39, 0.29) is 38.6 Å². The summed E-state index contributed by atoms with van der Waals surface area (Å²) in [7, 11) is 5.90. The molecule has 0 aliphatic heterocycles. The van der Waals surface area contributed by atoms with Gasteiger partial charge in [0.15, 0.2) is 12.4 Å². The highest BCUT2D eigenvalue weighted by Crippen LogP contribution is 2.13. The van der Waals surface area contributed by atoms with Crippen LogP contribution in [0.3, 0.4) is 0 Å². The second-order valence-corrected chi connectivity index (χ2v) is 19.1. The van der Waals surface area contributed by atoms with Gasteiger partial charge in [0.25, 0.3) is 0 Å². The maximum Gasteiger partial charge on any atom is 0.306 e. The standard InChI is InChI=1S/C61H101NO8/c1-6-8-10-12-14-16-18-20-22-24-25-26-27-28-29-30-31-32-33-34-35-36-38-40-42-44-46-48-50-52-59(64)70-57(56-69-61(60(65)66)67-54-53-62(3,4)5)55-68-58(63)51-49-47-45-43-41-39-37-23-21-19-17-15-13-11-9-7-2/h8,10,14,16-17,19-20,22-23,25-26,28-29,31-32,34-35,37,57,61H,6-7,9,11-13,15,18,21,24,27,30,33,36,38-56H2,1-5H3/b10-8-,16-14-,19-17-,22-20-,26-25-,29-28-,32-31-,35-34-,37-23-. The molecule has 0 amide bonds. The molecule has 0 aromatic carbocycles. The zero-order valence-corrected chi connectivity index (χ0v) is 45.1. The number of carboxylic acids is 1. The summed E-state index contributed by atoms with van der Waals surface area (Å²) in [6, 6.07) is 0. The third kappa shape index (κ3) is 51.8. The van der Waals surface area contributed by atoms with E-state index in [1.807, 2.05) is 21.1 Å². The number of hydrogen-bond donors (Lipinski definition) is 0. The molecule has 2 atom stereocenters. The summed E-state index contributed by atoms with van der Waals surface area (Å²) in [6.45, 7) is 4.57. The molecule has 0 aromatic rings. The monoisotopic (exact) mass is 976 g/mol. The third-order valence-corrected chi connectivity index (χ3v) is 11.3. The van der Waals surface area contributed by atoms with Crippen molar-refractivity contribution >= 4 is 17.9 Å².